The Morgan fingerprint density at radius 2 is 2.36 bits per heavy atom. The molecule has 0 bridgehead atoms. The van der Waals surface area contributed by atoms with Gasteiger partial charge in [0.25, 0.3) is 0 Å². The van der Waals surface area contributed by atoms with Gasteiger partial charge in [-0.3, -0.25) is 0 Å². The van der Waals surface area contributed by atoms with E-state index in [9.17, 15) is 9.18 Å². The summed E-state index contributed by atoms with van der Waals surface area (Å²) < 4.78 is 18.1. The van der Waals surface area contributed by atoms with Crippen molar-refractivity contribution in [3.05, 3.63) is 35.1 Å². The predicted molar refractivity (Wildman–Crippen MR) is 48.4 cm³/mol. The van der Waals surface area contributed by atoms with Crippen LogP contribution in [0.3, 0.4) is 0 Å². The molecule has 2 rings (SSSR count). The Morgan fingerprint density at radius 3 is 2.93 bits per heavy atom. The van der Waals surface area contributed by atoms with Crippen LogP contribution >= 0.6 is 0 Å². The monoisotopic (exact) mass is 195 g/mol. The minimum Gasteiger partial charge on any atom is -0.447 e. The molecule has 1 N–H and O–H groups in total. The zero-order chi connectivity index (χ0) is 10.1. The first-order chi connectivity index (χ1) is 6.68. The van der Waals surface area contributed by atoms with Gasteiger partial charge in [0.15, 0.2) is 0 Å². The van der Waals surface area contributed by atoms with Crippen molar-refractivity contribution in [2.75, 3.05) is 6.61 Å². The van der Waals surface area contributed by atoms with Gasteiger partial charge in [0.1, 0.15) is 12.4 Å². The zero-order valence-electron chi connectivity index (χ0n) is 7.71. The second-order valence-corrected chi connectivity index (χ2v) is 3.27. The number of ether oxygens (including phenoxy) is 1. The van der Waals surface area contributed by atoms with Crippen LogP contribution in [0.25, 0.3) is 0 Å². The molecule has 14 heavy (non-hydrogen) atoms. The summed E-state index contributed by atoms with van der Waals surface area (Å²) in [6.45, 7) is 2.00. The molecular weight excluding hydrogens is 185 g/mol. The Kier molecular flexibility index (Phi) is 2.11. The average molecular weight is 195 g/mol. The third kappa shape index (κ3) is 1.43. The summed E-state index contributed by atoms with van der Waals surface area (Å²) in [4.78, 5) is 10.8. The van der Waals surface area contributed by atoms with Crippen LogP contribution in [-0.4, -0.2) is 12.7 Å². The number of amides is 1. The topological polar surface area (TPSA) is 38.3 Å². The molecule has 1 unspecified atom stereocenters. The number of aryl methyl sites for hydroxylation is 1. The van der Waals surface area contributed by atoms with Crippen molar-refractivity contribution < 1.29 is 13.9 Å². The number of rotatable bonds is 1. The molecule has 1 heterocycles. The molecular formula is C10H10FNO2. The number of carbonyl (C=O) groups excluding carboxylic acids is 1. The van der Waals surface area contributed by atoms with Gasteiger partial charge in [-0.1, -0.05) is 12.1 Å². The smallest absolute Gasteiger partial charge is 0.407 e. The van der Waals surface area contributed by atoms with E-state index in [0.717, 1.165) is 5.56 Å². The van der Waals surface area contributed by atoms with Gasteiger partial charge >= 0.3 is 6.09 Å². The molecule has 0 aromatic heterocycles. The van der Waals surface area contributed by atoms with Gasteiger partial charge in [-0.15, -0.1) is 0 Å². The lowest BCUT2D eigenvalue weighted by Crippen LogP contribution is -2.20. The fourth-order valence-electron chi connectivity index (χ4n) is 1.63. The van der Waals surface area contributed by atoms with E-state index in [-0.39, 0.29) is 18.5 Å². The average Bonchev–Trinajstić information content (AvgIpc) is 2.51. The Hall–Kier alpha value is -1.58. The van der Waals surface area contributed by atoms with Crippen LogP contribution in [0.15, 0.2) is 18.2 Å². The summed E-state index contributed by atoms with van der Waals surface area (Å²) in [6, 6.07) is 4.48. The molecule has 0 saturated carbocycles. The summed E-state index contributed by atoms with van der Waals surface area (Å²) >= 11 is 0. The molecule has 1 aliphatic rings. The van der Waals surface area contributed by atoms with Gasteiger partial charge in [0.05, 0.1) is 6.04 Å². The van der Waals surface area contributed by atoms with Crippen LogP contribution in [0.4, 0.5) is 9.18 Å². The summed E-state index contributed by atoms with van der Waals surface area (Å²) in [6.07, 6.45) is -0.488. The lowest BCUT2D eigenvalue weighted by molar-refractivity contribution is 0.176. The third-order valence-electron chi connectivity index (χ3n) is 2.29. The van der Waals surface area contributed by atoms with Crippen LogP contribution in [0.2, 0.25) is 0 Å². The second kappa shape index (κ2) is 3.29. The van der Waals surface area contributed by atoms with E-state index in [1.54, 1.807) is 6.07 Å². The van der Waals surface area contributed by atoms with Crippen molar-refractivity contribution >= 4 is 6.09 Å². The highest BCUT2D eigenvalue weighted by Crippen LogP contribution is 2.24. The normalized spacial score (nSPS) is 20.4. The van der Waals surface area contributed by atoms with Crippen LogP contribution in [0.1, 0.15) is 17.2 Å². The third-order valence-corrected chi connectivity index (χ3v) is 2.29. The maximum Gasteiger partial charge on any atom is 0.407 e. The van der Waals surface area contributed by atoms with E-state index in [4.69, 9.17) is 4.74 Å². The number of hydrogen-bond acceptors (Lipinski definition) is 2. The highest BCUT2D eigenvalue weighted by Gasteiger charge is 2.27. The minimum atomic E-state index is -0.488. The maximum absolute atomic E-state index is 13.4. The Morgan fingerprint density at radius 1 is 1.57 bits per heavy atom. The summed E-state index contributed by atoms with van der Waals surface area (Å²) in [5.74, 6) is -0.305. The molecule has 1 amide bonds. The van der Waals surface area contributed by atoms with Crippen molar-refractivity contribution in [3.63, 3.8) is 0 Å². The SMILES string of the molecule is Cc1cccc(F)c1C1COC(=O)N1. The molecule has 3 nitrogen and oxygen atoms in total. The van der Waals surface area contributed by atoms with E-state index in [0.29, 0.717) is 5.56 Å². The van der Waals surface area contributed by atoms with Crippen molar-refractivity contribution in [1.82, 2.24) is 5.32 Å². The van der Waals surface area contributed by atoms with E-state index >= 15 is 0 Å². The van der Waals surface area contributed by atoms with Crippen LogP contribution in [0, 0.1) is 12.7 Å². The van der Waals surface area contributed by atoms with E-state index in [1.165, 1.54) is 6.07 Å². The van der Waals surface area contributed by atoms with Crippen molar-refractivity contribution in [2.45, 2.75) is 13.0 Å². The van der Waals surface area contributed by atoms with Crippen molar-refractivity contribution in [3.8, 4) is 0 Å². The van der Waals surface area contributed by atoms with Crippen LogP contribution in [0.5, 0.6) is 0 Å². The van der Waals surface area contributed by atoms with Crippen molar-refractivity contribution in [2.24, 2.45) is 0 Å². The number of cyclic esters (lactones) is 1. The molecule has 0 radical (unpaired) electrons. The molecule has 1 saturated heterocycles. The molecule has 74 valence electrons. The quantitative estimate of drug-likeness (QED) is 0.743. The van der Waals surface area contributed by atoms with Gasteiger partial charge < -0.3 is 10.1 Å². The molecule has 1 aromatic carbocycles. The van der Waals surface area contributed by atoms with E-state index in [1.807, 2.05) is 13.0 Å². The minimum absolute atomic E-state index is 0.195. The van der Waals surface area contributed by atoms with Gasteiger partial charge in [-0.25, -0.2) is 9.18 Å². The maximum atomic E-state index is 13.4. The van der Waals surface area contributed by atoms with E-state index in [2.05, 4.69) is 5.32 Å². The number of hydrogen-bond donors (Lipinski definition) is 1. The molecule has 0 spiro atoms. The number of benzene rings is 1. The number of alkyl carbamates (subject to hydrolysis) is 1. The first kappa shape index (κ1) is 8.99. The van der Waals surface area contributed by atoms with Gasteiger partial charge in [-0.05, 0) is 18.6 Å². The fraction of sp³-hybridized carbons (Fsp3) is 0.300. The summed E-state index contributed by atoms with van der Waals surface area (Å²) in [5.41, 5.74) is 1.33. The molecule has 0 aliphatic carbocycles. The molecule has 1 fully saturated rings. The highest BCUT2D eigenvalue weighted by atomic mass is 19.1. The van der Waals surface area contributed by atoms with Gasteiger partial charge in [-0.2, -0.15) is 0 Å². The summed E-state index contributed by atoms with van der Waals surface area (Å²) in [5, 5.41) is 2.55. The number of nitrogens with one attached hydrogen (secondary N) is 1. The second-order valence-electron chi connectivity index (χ2n) is 3.27. The zero-order valence-corrected chi connectivity index (χ0v) is 7.71. The fourth-order valence-corrected chi connectivity index (χ4v) is 1.63. The van der Waals surface area contributed by atoms with Gasteiger partial charge in [0.2, 0.25) is 0 Å². The standard InChI is InChI=1S/C10H10FNO2/c1-6-3-2-4-7(11)9(6)8-5-14-10(13)12-8/h2-4,8H,5H2,1H3,(H,12,13). The molecule has 1 aliphatic heterocycles. The Bertz CT molecular complexity index is 358. The number of halogens is 1. The van der Waals surface area contributed by atoms with Gasteiger partial charge in [0, 0.05) is 5.56 Å². The van der Waals surface area contributed by atoms with Crippen molar-refractivity contribution in [1.29, 1.82) is 0 Å². The lowest BCUT2D eigenvalue weighted by atomic mass is 10.0. The molecule has 1 aromatic rings. The molecule has 1 atom stereocenters. The first-order valence-electron chi connectivity index (χ1n) is 4.37. The van der Waals surface area contributed by atoms with Crippen LogP contribution < -0.4 is 5.32 Å². The molecule has 4 heteroatoms. The van der Waals surface area contributed by atoms with Crippen LogP contribution in [-0.2, 0) is 4.74 Å². The Balaban J connectivity index is 2.36. The lowest BCUT2D eigenvalue weighted by Gasteiger charge is -2.11. The Labute approximate surface area is 80.9 Å². The first-order valence-corrected chi connectivity index (χ1v) is 4.37. The summed E-state index contributed by atoms with van der Waals surface area (Å²) in [7, 11) is 0. The largest absolute Gasteiger partial charge is 0.447 e. The predicted octanol–water partition coefficient (Wildman–Crippen LogP) is 1.92. The number of carbonyl (C=O) groups is 1. The highest BCUT2D eigenvalue weighted by molar-refractivity contribution is 5.70. The van der Waals surface area contributed by atoms with E-state index < -0.39 is 6.09 Å².